The molecule has 1 aliphatic rings. The Balaban J connectivity index is 2.00. The van der Waals surface area contributed by atoms with Gasteiger partial charge in [-0.2, -0.15) is 0 Å². The first-order valence-electron chi connectivity index (χ1n) is 9.10. The summed E-state index contributed by atoms with van der Waals surface area (Å²) in [6, 6.07) is 10.1. The number of aryl methyl sites for hydroxylation is 3. The molecule has 0 bridgehead atoms. The van der Waals surface area contributed by atoms with E-state index in [1.165, 1.54) is 31.2 Å². The van der Waals surface area contributed by atoms with Gasteiger partial charge in [0.25, 0.3) is 6.33 Å². The van der Waals surface area contributed by atoms with Gasteiger partial charge in [0, 0.05) is 11.1 Å². The molecule has 0 unspecified atom stereocenters. The van der Waals surface area contributed by atoms with E-state index in [0.29, 0.717) is 11.5 Å². The highest BCUT2D eigenvalue weighted by Gasteiger charge is 2.25. The van der Waals surface area contributed by atoms with Gasteiger partial charge in [0.1, 0.15) is 11.5 Å². The second kappa shape index (κ2) is 6.21. The van der Waals surface area contributed by atoms with Crippen molar-refractivity contribution in [2.24, 2.45) is 7.05 Å². The second-order valence-electron chi connectivity index (χ2n) is 7.35. The molecule has 1 fully saturated rings. The first-order valence-corrected chi connectivity index (χ1v) is 9.10. The van der Waals surface area contributed by atoms with Crippen molar-refractivity contribution < 1.29 is 8.96 Å². The van der Waals surface area contributed by atoms with Crippen LogP contribution >= 0.6 is 0 Å². The molecule has 1 aromatic heterocycles. The van der Waals surface area contributed by atoms with E-state index < -0.39 is 0 Å². The van der Waals surface area contributed by atoms with Crippen molar-refractivity contribution in [2.75, 3.05) is 0 Å². The van der Waals surface area contributed by atoms with Crippen LogP contribution in [0, 0.1) is 19.7 Å². The number of para-hydroxylation sites is 1. The highest BCUT2D eigenvalue weighted by Crippen LogP contribution is 2.38. The van der Waals surface area contributed by atoms with Crippen molar-refractivity contribution in [3.63, 3.8) is 0 Å². The lowest BCUT2D eigenvalue weighted by Gasteiger charge is -2.14. The number of benzene rings is 2. The Kier molecular flexibility index (Phi) is 4.03. The number of hydrogen-bond donors (Lipinski definition) is 0. The van der Waals surface area contributed by atoms with Crippen molar-refractivity contribution in [3.8, 4) is 11.3 Å². The van der Waals surface area contributed by atoms with E-state index in [4.69, 9.17) is 4.98 Å². The van der Waals surface area contributed by atoms with Gasteiger partial charge >= 0.3 is 0 Å². The third kappa shape index (κ3) is 2.72. The lowest BCUT2D eigenvalue weighted by molar-refractivity contribution is -0.662. The number of fused-ring (bicyclic) bond motifs is 1. The molecule has 1 aliphatic carbocycles. The van der Waals surface area contributed by atoms with Crippen LogP contribution in [-0.4, -0.2) is 4.98 Å². The lowest BCUT2D eigenvalue weighted by Crippen LogP contribution is -2.32. The Bertz CT molecular complexity index is 956. The van der Waals surface area contributed by atoms with E-state index in [9.17, 15) is 4.39 Å². The van der Waals surface area contributed by atoms with E-state index in [1.54, 1.807) is 6.07 Å². The average molecular weight is 335 g/mol. The Morgan fingerprint density at radius 3 is 2.60 bits per heavy atom. The second-order valence-corrected chi connectivity index (χ2v) is 7.35. The molecule has 2 nitrogen and oxygen atoms in total. The molecule has 4 rings (SSSR count). The summed E-state index contributed by atoms with van der Waals surface area (Å²) in [5.41, 5.74) is 6.30. The van der Waals surface area contributed by atoms with Gasteiger partial charge in [-0.1, -0.05) is 25.0 Å². The molecule has 0 radical (unpaired) electrons. The van der Waals surface area contributed by atoms with E-state index in [0.717, 1.165) is 27.7 Å². The van der Waals surface area contributed by atoms with Crippen LogP contribution in [0.25, 0.3) is 22.2 Å². The minimum Gasteiger partial charge on any atom is -0.232 e. The predicted molar refractivity (Wildman–Crippen MR) is 99.0 cm³/mol. The van der Waals surface area contributed by atoms with Gasteiger partial charge in [-0.05, 0) is 66.9 Å². The summed E-state index contributed by atoms with van der Waals surface area (Å²) < 4.78 is 16.0. The van der Waals surface area contributed by atoms with E-state index in [2.05, 4.69) is 22.8 Å². The quantitative estimate of drug-likeness (QED) is 0.593. The summed E-state index contributed by atoms with van der Waals surface area (Å²) in [6.45, 7) is 3.80. The molecule has 2 aromatic carbocycles. The molecule has 0 N–H and O–H groups in total. The number of nitrogens with zero attached hydrogens (tertiary/aromatic N) is 2. The van der Waals surface area contributed by atoms with Crippen molar-refractivity contribution in [3.05, 3.63) is 59.2 Å². The summed E-state index contributed by atoms with van der Waals surface area (Å²) in [6.07, 6.45) is 7.03. The highest BCUT2D eigenvalue weighted by atomic mass is 19.1. The first-order chi connectivity index (χ1) is 12.1. The van der Waals surface area contributed by atoms with Crippen molar-refractivity contribution in [2.45, 2.75) is 45.4 Å². The zero-order chi connectivity index (χ0) is 17.6. The summed E-state index contributed by atoms with van der Waals surface area (Å²) >= 11 is 0. The van der Waals surface area contributed by atoms with Gasteiger partial charge in [-0.3, -0.25) is 0 Å². The van der Waals surface area contributed by atoms with Crippen LogP contribution in [0.5, 0.6) is 0 Å². The number of aromatic nitrogens is 2. The van der Waals surface area contributed by atoms with Gasteiger partial charge < -0.3 is 0 Å². The molecule has 1 saturated carbocycles. The highest BCUT2D eigenvalue weighted by molar-refractivity contribution is 5.93. The molecular weight excluding hydrogens is 311 g/mol. The molecule has 0 aliphatic heterocycles. The first kappa shape index (κ1) is 16.2. The molecule has 0 saturated heterocycles. The molecule has 128 valence electrons. The van der Waals surface area contributed by atoms with Gasteiger partial charge in [0.2, 0.25) is 0 Å². The summed E-state index contributed by atoms with van der Waals surface area (Å²) in [5.74, 6) is 0.474. The summed E-state index contributed by atoms with van der Waals surface area (Å²) in [4.78, 5) is 4.77. The molecule has 0 amide bonds. The zero-order valence-electron chi connectivity index (χ0n) is 15.1. The third-order valence-corrected chi connectivity index (χ3v) is 5.59. The fourth-order valence-electron chi connectivity index (χ4n) is 4.23. The van der Waals surface area contributed by atoms with Gasteiger partial charge in [0.05, 0.1) is 12.4 Å². The largest absolute Gasteiger partial charge is 0.287 e. The smallest absolute Gasteiger partial charge is 0.232 e. The van der Waals surface area contributed by atoms with Crippen molar-refractivity contribution >= 4 is 10.9 Å². The van der Waals surface area contributed by atoms with Gasteiger partial charge in [-0.15, -0.1) is 0 Å². The van der Waals surface area contributed by atoms with Crippen LogP contribution < -0.4 is 4.57 Å². The number of halogens is 1. The SMILES string of the molecule is Cc1cc(-c2c3cccc(C4CCCC4)c3nc[n+]2C)c(C)cc1F. The zero-order valence-corrected chi connectivity index (χ0v) is 15.1. The average Bonchev–Trinajstić information content (AvgIpc) is 3.12. The van der Waals surface area contributed by atoms with Crippen molar-refractivity contribution in [1.82, 2.24) is 4.98 Å². The maximum absolute atomic E-state index is 13.9. The maximum Gasteiger partial charge on any atom is 0.287 e. The van der Waals surface area contributed by atoms with Crippen LogP contribution in [0.15, 0.2) is 36.7 Å². The summed E-state index contributed by atoms with van der Waals surface area (Å²) in [5, 5.41) is 1.16. The monoisotopic (exact) mass is 335 g/mol. The van der Waals surface area contributed by atoms with Crippen LogP contribution in [0.3, 0.4) is 0 Å². The van der Waals surface area contributed by atoms with Crippen LogP contribution in [-0.2, 0) is 7.05 Å². The minimum atomic E-state index is -0.145. The van der Waals surface area contributed by atoms with Gasteiger partial charge in [0.15, 0.2) is 5.52 Å². The Morgan fingerprint density at radius 2 is 1.84 bits per heavy atom. The Morgan fingerprint density at radius 1 is 1.08 bits per heavy atom. The van der Waals surface area contributed by atoms with Crippen LogP contribution in [0.1, 0.15) is 48.3 Å². The topological polar surface area (TPSA) is 16.8 Å². The number of hydrogen-bond acceptors (Lipinski definition) is 1. The van der Waals surface area contributed by atoms with E-state index >= 15 is 0 Å². The molecule has 0 spiro atoms. The van der Waals surface area contributed by atoms with Crippen LogP contribution in [0.2, 0.25) is 0 Å². The van der Waals surface area contributed by atoms with Gasteiger partial charge in [-0.25, -0.2) is 8.96 Å². The fourth-order valence-corrected chi connectivity index (χ4v) is 4.23. The summed E-state index contributed by atoms with van der Waals surface area (Å²) in [7, 11) is 2.02. The maximum atomic E-state index is 13.9. The molecule has 3 heteroatoms. The van der Waals surface area contributed by atoms with E-state index in [1.807, 2.05) is 33.3 Å². The molecule has 1 heterocycles. The van der Waals surface area contributed by atoms with Crippen LogP contribution in [0.4, 0.5) is 4.39 Å². The number of rotatable bonds is 2. The predicted octanol–water partition coefficient (Wildman–Crippen LogP) is 5.14. The molecule has 0 atom stereocenters. The minimum absolute atomic E-state index is 0.145. The Hall–Kier alpha value is -2.29. The third-order valence-electron chi connectivity index (χ3n) is 5.59. The standard InChI is InChI=1S/C22H24FN2/c1-14-12-20(23)15(2)11-19(14)22-18-10-6-9-17(16-7-4-5-8-16)21(18)24-13-25(22)3/h6,9-13,16H,4-5,7-8H2,1-3H3/q+1. The normalized spacial score (nSPS) is 15.2. The molecule has 25 heavy (non-hydrogen) atoms. The Labute approximate surface area is 148 Å². The molecule has 3 aromatic rings. The fraction of sp³-hybridized carbons (Fsp3) is 0.364. The molecular formula is C22H24FN2+. The lowest BCUT2D eigenvalue weighted by atomic mass is 9.92. The van der Waals surface area contributed by atoms with E-state index in [-0.39, 0.29) is 5.82 Å². The van der Waals surface area contributed by atoms with Crippen molar-refractivity contribution in [1.29, 1.82) is 0 Å².